The number of rotatable bonds is 4. The molecule has 0 aliphatic rings. The molecule has 0 saturated heterocycles. The molecule has 0 bridgehead atoms. The molecule has 0 aliphatic heterocycles. The highest BCUT2D eigenvalue weighted by molar-refractivity contribution is 7.76. The highest BCUT2D eigenvalue weighted by atomic mass is 32.2. The maximum Gasteiger partial charge on any atom is 0.0812 e. The molecule has 4 rings (SSSR count). The molecule has 1 heterocycles. The van der Waals surface area contributed by atoms with E-state index in [4.69, 9.17) is 13.5 Å². The van der Waals surface area contributed by atoms with Crippen molar-refractivity contribution in [2.45, 2.75) is 13.2 Å². The molecule has 1 atom stereocenters. The maximum absolute atomic E-state index is 8.78. The van der Waals surface area contributed by atoms with Crippen LogP contribution in [0.2, 0.25) is 0 Å². The summed E-state index contributed by atoms with van der Waals surface area (Å²) in [6.45, 7) is 1.35. The first kappa shape index (κ1) is 21.9. The second kappa shape index (κ2) is 12.9. The van der Waals surface area contributed by atoms with E-state index >= 15 is 0 Å². The zero-order valence-corrected chi connectivity index (χ0v) is 16.8. The van der Waals surface area contributed by atoms with Gasteiger partial charge in [-0.25, -0.2) is 4.98 Å². The van der Waals surface area contributed by atoms with Gasteiger partial charge in [-0.2, -0.15) is 0 Å². The first-order valence-electron chi connectivity index (χ1n) is 8.42. The first-order chi connectivity index (χ1) is 13.6. The van der Waals surface area contributed by atoms with Crippen LogP contribution in [0.25, 0.3) is 10.2 Å². The van der Waals surface area contributed by atoms with Crippen molar-refractivity contribution in [3.05, 3.63) is 102 Å². The van der Waals surface area contributed by atoms with Gasteiger partial charge in [-0.05, 0) is 23.3 Å². The Balaban J connectivity index is 0.000000182. The van der Waals surface area contributed by atoms with Crippen LogP contribution in [0, 0.1) is 0 Å². The summed E-state index contributed by atoms with van der Waals surface area (Å²) in [6, 6.07) is 28.6. The Bertz CT molecular complexity index is 874. The standard InChI is InChI=1S/C14H14O.C7H5NS.H3NO2S/c1-3-7-13(8-4-1)11-15-12-14-9-5-2-6-10-14;1-2-4-7-6(3-1)8-5-9-7;1-4(2)3/h1-10H,11-12H2;1-5H;1H2,(H,2,3)/p-1. The van der Waals surface area contributed by atoms with E-state index in [2.05, 4.69) is 40.5 Å². The number of benzene rings is 3. The fraction of sp³-hybridized carbons (Fsp3) is 0.0952. The fourth-order valence-electron chi connectivity index (χ4n) is 2.24. The molecule has 0 saturated carbocycles. The van der Waals surface area contributed by atoms with Crippen LogP contribution in [0.15, 0.2) is 90.4 Å². The lowest BCUT2D eigenvalue weighted by molar-refractivity contribution is 0.107. The molecule has 146 valence electrons. The Morgan fingerprint density at radius 1 is 0.857 bits per heavy atom. The molecule has 0 spiro atoms. The summed E-state index contributed by atoms with van der Waals surface area (Å²) in [5, 5.41) is 4.03. The molecule has 2 N–H and O–H groups in total. The van der Waals surface area contributed by atoms with Crippen molar-refractivity contribution in [1.82, 2.24) is 4.98 Å². The number of hydrogen-bond acceptors (Lipinski definition) is 5. The predicted molar refractivity (Wildman–Crippen MR) is 114 cm³/mol. The summed E-state index contributed by atoms with van der Waals surface area (Å²) in [5.74, 6) is 0. The van der Waals surface area contributed by atoms with Crippen molar-refractivity contribution in [2.24, 2.45) is 5.14 Å². The summed E-state index contributed by atoms with van der Waals surface area (Å²) < 4.78 is 24.4. The van der Waals surface area contributed by atoms with E-state index in [1.165, 1.54) is 15.8 Å². The number of fused-ring (bicyclic) bond motifs is 1. The molecule has 0 amide bonds. The van der Waals surface area contributed by atoms with Crippen molar-refractivity contribution >= 4 is 32.8 Å². The van der Waals surface area contributed by atoms with E-state index in [1.54, 1.807) is 11.3 Å². The molecule has 7 heteroatoms. The van der Waals surface area contributed by atoms with Gasteiger partial charge in [0.15, 0.2) is 0 Å². The number of para-hydroxylation sites is 1. The Labute approximate surface area is 171 Å². The van der Waals surface area contributed by atoms with Crippen LogP contribution in [0.4, 0.5) is 0 Å². The lowest BCUT2D eigenvalue weighted by atomic mass is 10.2. The molecule has 1 aromatic heterocycles. The minimum Gasteiger partial charge on any atom is -0.760 e. The molecular formula is C21H21N2O3S2-. The van der Waals surface area contributed by atoms with Gasteiger partial charge >= 0.3 is 0 Å². The average molecular weight is 414 g/mol. The molecule has 5 nitrogen and oxygen atoms in total. The molecule has 0 radical (unpaired) electrons. The quantitative estimate of drug-likeness (QED) is 0.501. The molecule has 28 heavy (non-hydrogen) atoms. The van der Waals surface area contributed by atoms with E-state index in [0.717, 1.165) is 5.52 Å². The van der Waals surface area contributed by atoms with Gasteiger partial charge in [0.1, 0.15) is 0 Å². The monoisotopic (exact) mass is 413 g/mol. The topological polar surface area (TPSA) is 88.3 Å². The van der Waals surface area contributed by atoms with E-state index in [9.17, 15) is 0 Å². The SMILES string of the molecule is NS(=O)[O-].c1ccc(COCc2ccccc2)cc1.c1ccc2scnc2c1. The third kappa shape index (κ3) is 8.98. The van der Waals surface area contributed by atoms with Gasteiger partial charge in [0.2, 0.25) is 0 Å². The molecule has 0 fully saturated rings. The Kier molecular flexibility index (Phi) is 10.1. The number of thiazole rings is 1. The largest absolute Gasteiger partial charge is 0.760 e. The summed E-state index contributed by atoms with van der Waals surface area (Å²) in [5.41, 5.74) is 5.40. The zero-order chi connectivity index (χ0) is 20.0. The first-order valence-corrected chi connectivity index (χ1v) is 10.4. The summed E-state index contributed by atoms with van der Waals surface area (Å²) in [7, 11) is 0. The highest BCUT2D eigenvalue weighted by Gasteiger charge is 1.93. The maximum atomic E-state index is 8.78. The third-order valence-corrected chi connectivity index (χ3v) is 4.27. The van der Waals surface area contributed by atoms with Crippen LogP contribution >= 0.6 is 11.3 Å². The van der Waals surface area contributed by atoms with E-state index < -0.39 is 11.3 Å². The van der Waals surface area contributed by atoms with Crippen molar-refractivity contribution in [3.63, 3.8) is 0 Å². The summed E-state index contributed by atoms with van der Waals surface area (Å²) >= 11 is -0.685. The summed E-state index contributed by atoms with van der Waals surface area (Å²) in [6.07, 6.45) is 0. The van der Waals surface area contributed by atoms with Crippen molar-refractivity contribution < 1.29 is 13.5 Å². The smallest absolute Gasteiger partial charge is 0.0812 e. The molecule has 1 unspecified atom stereocenters. The van der Waals surface area contributed by atoms with E-state index in [-0.39, 0.29) is 0 Å². The van der Waals surface area contributed by atoms with Crippen molar-refractivity contribution in [3.8, 4) is 0 Å². The van der Waals surface area contributed by atoms with Crippen LogP contribution in [0.1, 0.15) is 11.1 Å². The van der Waals surface area contributed by atoms with Gasteiger partial charge in [-0.1, -0.05) is 72.8 Å². The van der Waals surface area contributed by atoms with Gasteiger partial charge in [-0.15, -0.1) is 11.3 Å². The molecule has 3 aromatic carbocycles. The van der Waals surface area contributed by atoms with Gasteiger partial charge < -0.3 is 9.29 Å². The van der Waals surface area contributed by atoms with Crippen LogP contribution < -0.4 is 5.14 Å². The molecule has 0 aliphatic carbocycles. The molecule has 4 aromatic rings. The van der Waals surface area contributed by atoms with Crippen LogP contribution in [-0.4, -0.2) is 13.7 Å². The number of nitrogens with zero attached hydrogens (tertiary/aromatic N) is 1. The second-order valence-electron chi connectivity index (χ2n) is 5.54. The van der Waals surface area contributed by atoms with Gasteiger partial charge in [-0.3, -0.25) is 9.35 Å². The van der Waals surface area contributed by atoms with Crippen LogP contribution in [0.5, 0.6) is 0 Å². The Morgan fingerprint density at radius 2 is 1.32 bits per heavy atom. The predicted octanol–water partition coefficient (Wildman–Crippen LogP) is 4.44. The van der Waals surface area contributed by atoms with Crippen molar-refractivity contribution in [1.29, 1.82) is 0 Å². The highest BCUT2D eigenvalue weighted by Crippen LogP contribution is 2.15. The minimum absolute atomic E-state index is 0.676. The van der Waals surface area contributed by atoms with E-state index in [1.807, 2.05) is 60.1 Å². The normalized spacial score (nSPS) is 10.9. The van der Waals surface area contributed by atoms with Crippen LogP contribution in [0.3, 0.4) is 0 Å². The minimum atomic E-state index is -2.36. The lowest BCUT2D eigenvalue weighted by Crippen LogP contribution is -1.97. The number of aromatic nitrogens is 1. The lowest BCUT2D eigenvalue weighted by Gasteiger charge is -2.03. The average Bonchev–Trinajstić information content (AvgIpc) is 3.19. The number of ether oxygens (including phenoxy) is 1. The van der Waals surface area contributed by atoms with Crippen LogP contribution in [-0.2, 0) is 29.2 Å². The number of hydrogen-bond donors (Lipinski definition) is 1. The van der Waals surface area contributed by atoms with Gasteiger partial charge in [0.05, 0.1) is 28.9 Å². The summed E-state index contributed by atoms with van der Waals surface area (Å²) in [4.78, 5) is 4.14. The second-order valence-corrected chi connectivity index (χ2v) is 6.95. The third-order valence-electron chi connectivity index (χ3n) is 3.46. The Morgan fingerprint density at radius 3 is 1.82 bits per heavy atom. The Hall–Kier alpha value is -2.42. The van der Waals surface area contributed by atoms with Gasteiger partial charge in [0.25, 0.3) is 0 Å². The van der Waals surface area contributed by atoms with Crippen molar-refractivity contribution in [2.75, 3.05) is 0 Å². The molecular weight excluding hydrogens is 392 g/mol. The van der Waals surface area contributed by atoms with Gasteiger partial charge in [0, 0.05) is 11.3 Å². The zero-order valence-electron chi connectivity index (χ0n) is 15.1. The fourth-order valence-corrected chi connectivity index (χ4v) is 2.92. The number of nitrogens with two attached hydrogens (primary N) is 1. The van der Waals surface area contributed by atoms with E-state index in [0.29, 0.717) is 13.2 Å².